The van der Waals surface area contributed by atoms with E-state index in [-0.39, 0.29) is 6.10 Å². The number of sulfonamides is 1. The summed E-state index contributed by atoms with van der Waals surface area (Å²) in [5, 5.41) is 9.74. The molecule has 0 aromatic carbocycles. The summed E-state index contributed by atoms with van der Waals surface area (Å²) in [4.78, 5) is 0.290. The minimum Gasteiger partial charge on any atom is -0.380 e. The Hall–Kier alpha value is -0.960. The number of aromatic nitrogens is 2. The van der Waals surface area contributed by atoms with Crippen LogP contribution in [0.4, 0.5) is 0 Å². The highest BCUT2D eigenvalue weighted by Gasteiger charge is 2.35. The molecule has 2 heterocycles. The average molecular weight is 288 g/mol. The van der Waals surface area contributed by atoms with Crippen LogP contribution in [0.5, 0.6) is 0 Å². The minimum atomic E-state index is -3.50. The van der Waals surface area contributed by atoms with E-state index in [1.807, 2.05) is 0 Å². The predicted octanol–water partition coefficient (Wildman–Crippen LogP) is -0.153. The Bertz CT molecular complexity index is 540. The highest BCUT2D eigenvalue weighted by Crippen LogP contribution is 2.26. The third-order valence-electron chi connectivity index (χ3n) is 3.34. The number of H-pyrrole nitrogens is 1. The molecule has 0 saturated carbocycles. The molecule has 0 spiro atoms. The maximum Gasteiger partial charge on any atom is 0.246 e. The molecule has 0 radical (unpaired) electrons. The number of aryl methyl sites for hydroxylation is 1. The van der Waals surface area contributed by atoms with Crippen LogP contribution >= 0.6 is 0 Å². The van der Waals surface area contributed by atoms with Crippen molar-refractivity contribution in [1.82, 2.24) is 19.8 Å². The molecule has 2 rings (SSSR count). The van der Waals surface area contributed by atoms with Crippen LogP contribution in [0.3, 0.4) is 0 Å². The predicted molar refractivity (Wildman–Crippen MR) is 70.3 cm³/mol. The lowest BCUT2D eigenvalue weighted by Gasteiger charge is -2.16. The number of hydrogen-bond acceptors (Lipinski definition) is 5. The van der Waals surface area contributed by atoms with Gasteiger partial charge in [0.2, 0.25) is 10.0 Å². The third-order valence-corrected chi connectivity index (χ3v) is 5.41. The van der Waals surface area contributed by atoms with Gasteiger partial charge in [-0.15, -0.1) is 0 Å². The number of methoxy groups -OCH3 is 1. The van der Waals surface area contributed by atoms with E-state index >= 15 is 0 Å². The van der Waals surface area contributed by atoms with Crippen molar-refractivity contribution in [3.05, 3.63) is 11.4 Å². The van der Waals surface area contributed by atoms with Gasteiger partial charge < -0.3 is 10.1 Å². The number of nitrogens with one attached hydrogen (secondary N) is 2. The fraction of sp³-hybridized carbons (Fsp3) is 0.727. The molecule has 1 fully saturated rings. The van der Waals surface area contributed by atoms with Crippen LogP contribution in [-0.2, 0) is 21.3 Å². The van der Waals surface area contributed by atoms with Gasteiger partial charge in [-0.1, -0.05) is 0 Å². The zero-order valence-electron chi connectivity index (χ0n) is 11.4. The SMILES string of the molecule is CNCc1n[nH]c(C)c1S(=O)(=O)N1CCC(OC)C1. The van der Waals surface area contributed by atoms with Crippen molar-refractivity contribution in [2.24, 2.45) is 0 Å². The highest BCUT2D eigenvalue weighted by molar-refractivity contribution is 7.89. The number of rotatable bonds is 5. The van der Waals surface area contributed by atoms with Gasteiger partial charge >= 0.3 is 0 Å². The van der Waals surface area contributed by atoms with Crippen LogP contribution < -0.4 is 5.32 Å². The Kier molecular flexibility index (Phi) is 4.24. The van der Waals surface area contributed by atoms with E-state index in [0.29, 0.717) is 35.9 Å². The summed E-state index contributed by atoms with van der Waals surface area (Å²) in [5.74, 6) is 0. The van der Waals surface area contributed by atoms with E-state index in [1.165, 1.54) is 4.31 Å². The first-order chi connectivity index (χ1) is 9.00. The summed E-state index contributed by atoms with van der Waals surface area (Å²) in [7, 11) is -0.134. The van der Waals surface area contributed by atoms with E-state index in [4.69, 9.17) is 4.74 Å². The number of hydrogen-bond donors (Lipinski definition) is 2. The Morgan fingerprint density at radius 3 is 2.89 bits per heavy atom. The molecule has 1 saturated heterocycles. The first-order valence-corrected chi connectivity index (χ1v) is 7.66. The van der Waals surface area contributed by atoms with E-state index < -0.39 is 10.0 Å². The third kappa shape index (κ3) is 2.66. The second kappa shape index (κ2) is 5.58. The van der Waals surface area contributed by atoms with Crippen LogP contribution in [0.2, 0.25) is 0 Å². The van der Waals surface area contributed by atoms with Crippen molar-refractivity contribution < 1.29 is 13.2 Å². The smallest absolute Gasteiger partial charge is 0.246 e. The number of nitrogens with zero attached hydrogens (tertiary/aromatic N) is 2. The molecule has 7 nitrogen and oxygen atoms in total. The highest BCUT2D eigenvalue weighted by atomic mass is 32.2. The van der Waals surface area contributed by atoms with Crippen LogP contribution in [-0.4, -0.2) is 56.3 Å². The van der Waals surface area contributed by atoms with Gasteiger partial charge in [0.1, 0.15) is 4.90 Å². The van der Waals surface area contributed by atoms with Crippen molar-refractivity contribution >= 4 is 10.0 Å². The zero-order chi connectivity index (χ0) is 14.0. The van der Waals surface area contributed by atoms with Crippen molar-refractivity contribution in [3.8, 4) is 0 Å². The Morgan fingerprint density at radius 1 is 1.58 bits per heavy atom. The molecule has 1 atom stereocenters. The minimum absolute atomic E-state index is 0.0188. The molecule has 0 amide bonds. The van der Waals surface area contributed by atoms with Gasteiger partial charge in [0.25, 0.3) is 0 Å². The molecule has 1 aromatic rings. The fourth-order valence-corrected chi connectivity index (χ4v) is 4.15. The molecule has 2 N–H and O–H groups in total. The number of aromatic amines is 1. The van der Waals surface area contributed by atoms with Crippen molar-refractivity contribution in [1.29, 1.82) is 0 Å². The van der Waals surface area contributed by atoms with Crippen LogP contribution in [0.15, 0.2) is 4.90 Å². The first kappa shape index (κ1) is 14.4. The second-order valence-corrected chi connectivity index (χ2v) is 6.54. The summed E-state index contributed by atoms with van der Waals surface area (Å²) in [5.41, 5.74) is 1.10. The normalized spacial score (nSPS) is 21.1. The largest absolute Gasteiger partial charge is 0.380 e. The molecule has 19 heavy (non-hydrogen) atoms. The summed E-state index contributed by atoms with van der Waals surface area (Å²) in [6, 6.07) is 0. The molecule has 108 valence electrons. The Labute approximate surface area is 113 Å². The molecular formula is C11H20N4O3S. The van der Waals surface area contributed by atoms with Crippen molar-refractivity contribution in [3.63, 3.8) is 0 Å². The first-order valence-electron chi connectivity index (χ1n) is 6.22. The lowest BCUT2D eigenvalue weighted by atomic mass is 10.3. The van der Waals surface area contributed by atoms with Crippen LogP contribution in [0, 0.1) is 6.92 Å². The summed E-state index contributed by atoms with van der Waals surface area (Å²) < 4.78 is 32.0. The van der Waals surface area contributed by atoms with Crippen LogP contribution in [0.25, 0.3) is 0 Å². The van der Waals surface area contributed by atoms with Gasteiger partial charge in [0.05, 0.1) is 17.5 Å². The molecule has 1 aromatic heterocycles. The van der Waals surface area contributed by atoms with E-state index in [9.17, 15) is 8.42 Å². The zero-order valence-corrected chi connectivity index (χ0v) is 12.2. The monoisotopic (exact) mass is 288 g/mol. The molecular weight excluding hydrogens is 268 g/mol. The molecule has 1 aliphatic heterocycles. The van der Waals surface area contributed by atoms with E-state index in [0.717, 1.165) is 6.42 Å². The topological polar surface area (TPSA) is 87.3 Å². The fourth-order valence-electron chi connectivity index (χ4n) is 2.34. The Morgan fingerprint density at radius 2 is 2.32 bits per heavy atom. The molecule has 8 heteroatoms. The molecule has 1 unspecified atom stereocenters. The maximum absolute atomic E-state index is 12.7. The lowest BCUT2D eigenvalue weighted by Crippen LogP contribution is -2.31. The summed E-state index contributed by atoms with van der Waals surface area (Å²) in [6.45, 7) is 3.04. The molecule has 0 aliphatic carbocycles. The Balaban J connectivity index is 2.32. The summed E-state index contributed by atoms with van der Waals surface area (Å²) in [6.07, 6.45) is 0.711. The standard InChI is InChI=1S/C11H20N4O3S/c1-8-11(10(6-12-2)14-13-8)19(16,17)15-5-4-9(7-15)18-3/h9,12H,4-7H2,1-3H3,(H,13,14). The van der Waals surface area contributed by atoms with Crippen molar-refractivity contribution in [2.45, 2.75) is 30.9 Å². The quantitative estimate of drug-likeness (QED) is 0.786. The number of ether oxygens (including phenoxy) is 1. The van der Waals surface area contributed by atoms with Crippen LogP contribution in [0.1, 0.15) is 17.8 Å². The van der Waals surface area contributed by atoms with Gasteiger partial charge in [-0.2, -0.15) is 9.40 Å². The van der Waals surface area contributed by atoms with Crippen molar-refractivity contribution in [2.75, 3.05) is 27.2 Å². The molecule has 1 aliphatic rings. The van der Waals surface area contributed by atoms with E-state index in [1.54, 1.807) is 21.1 Å². The van der Waals surface area contributed by atoms with Gasteiger partial charge in [0.15, 0.2) is 0 Å². The average Bonchev–Trinajstić information content (AvgIpc) is 2.97. The van der Waals surface area contributed by atoms with E-state index in [2.05, 4.69) is 15.5 Å². The van der Waals surface area contributed by atoms with Gasteiger partial charge in [-0.05, 0) is 20.4 Å². The maximum atomic E-state index is 12.7. The lowest BCUT2D eigenvalue weighted by molar-refractivity contribution is 0.115. The van der Waals surface area contributed by atoms with Gasteiger partial charge in [0, 0.05) is 26.7 Å². The molecule has 0 bridgehead atoms. The summed E-state index contributed by atoms with van der Waals surface area (Å²) >= 11 is 0. The second-order valence-electron chi connectivity index (χ2n) is 4.66. The van der Waals surface area contributed by atoms with Gasteiger partial charge in [-0.25, -0.2) is 8.42 Å². The van der Waals surface area contributed by atoms with Gasteiger partial charge in [-0.3, -0.25) is 5.10 Å².